The van der Waals surface area contributed by atoms with Gasteiger partial charge >= 0.3 is 12.1 Å². The van der Waals surface area contributed by atoms with E-state index < -0.39 is 32.7 Å². The third-order valence-electron chi connectivity index (χ3n) is 5.63. The summed E-state index contributed by atoms with van der Waals surface area (Å²) in [5, 5.41) is 9.62. The number of sulfone groups is 1. The van der Waals surface area contributed by atoms with Gasteiger partial charge in [0.1, 0.15) is 10.8 Å². The summed E-state index contributed by atoms with van der Waals surface area (Å²) >= 11 is 0. The average Bonchev–Trinajstić information content (AvgIpc) is 3.17. The van der Waals surface area contributed by atoms with Crippen LogP contribution in [0.3, 0.4) is 0 Å². The minimum Gasteiger partial charge on any atom is -0.467 e. The van der Waals surface area contributed by atoms with Crippen LogP contribution in [0.2, 0.25) is 0 Å². The van der Waals surface area contributed by atoms with Crippen LogP contribution in [-0.2, 0) is 24.1 Å². The summed E-state index contributed by atoms with van der Waals surface area (Å²) in [4.78, 5) is 24.9. The predicted octanol–water partition coefficient (Wildman–Crippen LogP) is 3.30. The first kappa shape index (κ1) is 21.8. The van der Waals surface area contributed by atoms with Gasteiger partial charge in [0.05, 0.1) is 12.9 Å². The summed E-state index contributed by atoms with van der Waals surface area (Å²) in [5.74, 6) is -0.860. The van der Waals surface area contributed by atoms with E-state index in [0.717, 1.165) is 23.1 Å². The molecule has 1 N–H and O–H groups in total. The van der Waals surface area contributed by atoms with E-state index in [4.69, 9.17) is 4.74 Å². The molecule has 0 aliphatic carbocycles. The van der Waals surface area contributed by atoms with Gasteiger partial charge in [0.2, 0.25) is 0 Å². The maximum absolute atomic E-state index is 13.4. The Morgan fingerprint density at radius 2 is 1.70 bits per heavy atom. The van der Waals surface area contributed by atoms with Crippen LogP contribution in [0.25, 0.3) is 11.1 Å². The van der Waals surface area contributed by atoms with Crippen molar-refractivity contribution in [2.75, 3.05) is 19.4 Å². The molecule has 3 rings (SSSR count). The second-order valence-electron chi connectivity index (χ2n) is 7.41. The molecule has 2 atom stereocenters. The molecule has 2 aromatic carbocycles. The molecule has 0 bridgehead atoms. The minimum atomic E-state index is -3.76. The molecular formula is C22H25NO6S. The minimum absolute atomic E-state index is 0.102. The molecule has 1 heterocycles. The Hall–Kier alpha value is -2.87. The molecule has 8 heteroatoms. The molecule has 1 amide bonds. The Kier molecular flexibility index (Phi) is 6.17. The average molecular weight is 432 g/mol. The van der Waals surface area contributed by atoms with Crippen molar-refractivity contribution < 1.29 is 27.9 Å². The monoisotopic (exact) mass is 431 g/mol. The molecule has 30 heavy (non-hydrogen) atoms. The van der Waals surface area contributed by atoms with Crippen molar-refractivity contribution in [3.05, 3.63) is 60.2 Å². The smallest absolute Gasteiger partial charge is 0.408 e. The number of carboxylic acid groups (broad SMARTS) is 1. The topological polar surface area (TPSA) is 101 Å². The SMILES string of the molecule is CCCS(=O)(=O)C1(c2ccc(-c3ccccc3)cc2)CC(C(=O)OC)N(C(=O)O)C1. The van der Waals surface area contributed by atoms with Crippen molar-refractivity contribution in [2.45, 2.75) is 30.6 Å². The van der Waals surface area contributed by atoms with Gasteiger partial charge in [0, 0.05) is 13.0 Å². The normalized spacial score (nSPS) is 21.4. The largest absolute Gasteiger partial charge is 0.467 e. The lowest BCUT2D eigenvalue weighted by Crippen LogP contribution is -2.42. The van der Waals surface area contributed by atoms with Crippen molar-refractivity contribution in [3.8, 4) is 11.1 Å². The van der Waals surface area contributed by atoms with Crippen molar-refractivity contribution in [1.82, 2.24) is 4.90 Å². The molecular weight excluding hydrogens is 406 g/mol. The van der Waals surface area contributed by atoms with Crippen LogP contribution in [0.1, 0.15) is 25.3 Å². The third-order valence-corrected chi connectivity index (χ3v) is 8.30. The summed E-state index contributed by atoms with van der Waals surface area (Å²) in [5.41, 5.74) is 2.38. The predicted molar refractivity (Wildman–Crippen MR) is 113 cm³/mol. The van der Waals surface area contributed by atoms with Crippen LogP contribution >= 0.6 is 0 Å². The highest BCUT2D eigenvalue weighted by Crippen LogP contribution is 2.44. The van der Waals surface area contributed by atoms with E-state index in [-0.39, 0.29) is 18.7 Å². The number of carbonyl (C=O) groups is 2. The van der Waals surface area contributed by atoms with E-state index in [9.17, 15) is 23.1 Å². The molecule has 2 aromatic rings. The van der Waals surface area contributed by atoms with Gasteiger partial charge in [-0.25, -0.2) is 18.0 Å². The lowest BCUT2D eigenvalue weighted by Gasteiger charge is -2.29. The highest BCUT2D eigenvalue weighted by atomic mass is 32.2. The Bertz CT molecular complexity index is 1020. The number of rotatable bonds is 6. The van der Waals surface area contributed by atoms with E-state index in [1.54, 1.807) is 19.1 Å². The Morgan fingerprint density at radius 1 is 1.10 bits per heavy atom. The number of benzene rings is 2. The fraction of sp³-hybridized carbons (Fsp3) is 0.364. The van der Waals surface area contributed by atoms with Gasteiger partial charge in [0.25, 0.3) is 0 Å². The van der Waals surface area contributed by atoms with E-state index in [1.807, 2.05) is 42.5 Å². The van der Waals surface area contributed by atoms with Gasteiger partial charge in [-0.3, -0.25) is 4.90 Å². The summed E-state index contributed by atoms with van der Waals surface area (Å²) in [6.45, 7) is 1.45. The number of esters is 1. The van der Waals surface area contributed by atoms with E-state index in [1.165, 1.54) is 0 Å². The van der Waals surface area contributed by atoms with Crippen LogP contribution in [0, 0.1) is 0 Å². The fourth-order valence-corrected chi connectivity index (χ4v) is 6.27. The standard InChI is InChI=1S/C22H25NO6S/c1-3-13-30(27,28)22(14-19(20(24)29-2)23(15-22)21(25)26)18-11-9-17(10-12-18)16-7-5-4-6-8-16/h4-12,19H,3,13-15H2,1-2H3,(H,25,26). The molecule has 0 saturated carbocycles. The molecule has 0 aromatic heterocycles. The molecule has 1 aliphatic heterocycles. The highest BCUT2D eigenvalue weighted by Gasteiger charge is 2.57. The van der Waals surface area contributed by atoms with Gasteiger partial charge in [0.15, 0.2) is 9.84 Å². The number of amides is 1. The molecule has 0 spiro atoms. The van der Waals surface area contributed by atoms with Crippen molar-refractivity contribution in [3.63, 3.8) is 0 Å². The first-order valence-electron chi connectivity index (χ1n) is 9.71. The molecule has 1 fully saturated rings. The number of carbonyl (C=O) groups excluding carboxylic acids is 1. The van der Waals surface area contributed by atoms with Crippen LogP contribution in [0.15, 0.2) is 54.6 Å². The van der Waals surface area contributed by atoms with Gasteiger partial charge < -0.3 is 9.84 Å². The Labute approximate surface area is 176 Å². The van der Waals surface area contributed by atoms with Gasteiger partial charge in [-0.1, -0.05) is 61.5 Å². The van der Waals surface area contributed by atoms with Crippen LogP contribution in [0.4, 0.5) is 4.79 Å². The molecule has 7 nitrogen and oxygen atoms in total. The zero-order valence-electron chi connectivity index (χ0n) is 16.9. The first-order valence-corrected chi connectivity index (χ1v) is 11.4. The van der Waals surface area contributed by atoms with Gasteiger partial charge in [-0.05, 0) is 23.1 Å². The summed E-state index contributed by atoms with van der Waals surface area (Å²) in [7, 11) is -2.59. The number of hydrogen-bond acceptors (Lipinski definition) is 5. The van der Waals surface area contributed by atoms with E-state index in [2.05, 4.69) is 0 Å². The number of likely N-dealkylation sites (tertiary alicyclic amines) is 1. The van der Waals surface area contributed by atoms with Gasteiger partial charge in [-0.15, -0.1) is 0 Å². The lowest BCUT2D eigenvalue weighted by molar-refractivity contribution is -0.145. The molecule has 1 aliphatic rings. The van der Waals surface area contributed by atoms with Crippen LogP contribution in [-0.4, -0.2) is 55.9 Å². The number of methoxy groups -OCH3 is 1. The first-order chi connectivity index (χ1) is 14.3. The number of nitrogens with zero attached hydrogens (tertiary/aromatic N) is 1. The van der Waals surface area contributed by atoms with Crippen LogP contribution in [0.5, 0.6) is 0 Å². The third kappa shape index (κ3) is 3.79. The molecule has 2 unspecified atom stereocenters. The maximum atomic E-state index is 13.4. The van der Waals surface area contributed by atoms with Crippen LogP contribution < -0.4 is 0 Å². The number of ether oxygens (including phenoxy) is 1. The maximum Gasteiger partial charge on any atom is 0.408 e. The quantitative estimate of drug-likeness (QED) is 0.705. The Morgan fingerprint density at radius 3 is 2.23 bits per heavy atom. The Balaban J connectivity index is 2.10. The van der Waals surface area contributed by atoms with Crippen molar-refractivity contribution in [2.24, 2.45) is 0 Å². The lowest BCUT2D eigenvalue weighted by atomic mass is 9.93. The van der Waals surface area contributed by atoms with E-state index in [0.29, 0.717) is 12.0 Å². The van der Waals surface area contributed by atoms with Crippen molar-refractivity contribution in [1.29, 1.82) is 0 Å². The fourth-order valence-electron chi connectivity index (χ4n) is 4.10. The highest BCUT2D eigenvalue weighted by molar-refractivity contribution is 7.92. The molecule has 0 radical (unpaired) electrons. The second-order valence-corrected chi connectivity index (χ2v) is 9.83. The van der Waals surface area contributed by atoms with Crippen molar-refractivity contribution >= 4 is 21.9 Å². The zero-order chi connectivity index (χ0) is 21.9. The summed E-state index contributed by atoms with van der Waals surface area (Å²) in [6.07, 6.45) is -1.12. The molecule has 160 valence electrons. The summed E-state index contributed by atoms with van der Waals surface area (Å²) in [6, 6.07) is 15.6. The number of hydrogen-bond donors (Lipinski definition) is 1. The van der Waals surface area contributed by atoms with Gasteiger partial charge in [-0.2, -0.15) is 0 Å². The zero-order valence-corrected chi connectivity index (χ0v) is 17.8. The summed E-state index contributed by atoms with van der Waals surface area (Å²) < 4.78 is 30.0. The molecule has 1 saturated heterocycles. The second kappa shape index (κ2) is 8.47. The van der Waals surface area contributed by atoms with E-state index >= 15 is 0 Å².